The zero-order chi connectivity index (χ0) is 20.4. The topological polar surface area (TPSA) is 98.1 Å². The molecule has 1 fully saturated rings. The molecule has 0 bridgehead atoms. The predicted molar refractivity (Wildman–Crippen MR) is 116 cm³/mol. The van der Waals surface area contributed by atoms with Crippen LogP contribution in [0.3, 0.4) is 0 Å². The van der Waals surface area contributed by atoms with E-state index >= 15 is 0 Å². The second-order valence-corrected chi connectivity index (χ2v) is 8.24. The van der Waals surface area contributed by atoms with Crippen LogP contribution in [0.1, 0.15) is 18.4 Å². The van der Waals surface area contributed by atoms with Gasteiger partial charge in [0.15, 0.2) is 0 Å². The van der Waals surface area contributed by atoms with Gasteiger partial charge in [0.05, 0.1) is 17.0 Å². The predicted octanol–water partition coefficient (Wildman–Crippen LogP) is 2.83. The molecule has 4 rings (SSSR count). The van der Waals surface area contributed by atoms with Gasteiger partial charge < -0.3 is 15.3 Å². The van der Waals surface area contributed by atoms with E-state index in [0.717, 1.165) is 35.1 Å². The van der Waals surface area contributed by atoms with Gasteiger partial charge in [0.2, 0.25) is 5.91 Å². The highest BCUT2D eigenvalue weighted by molar-refractivity contribution is 9.10. The number of piperidine rings is 1. The number of carbonyl (C=O) groups is 1. The van der Waals surface area contributed by atoms with Crippen molar-refractivity contribution in [1.29, 1.82) is 0 Å². The summed E-state index contributed by atoms with van der Waals surface area (Å²) in [4.78, 5) is 43.6. The van der Waals surface area contributed by atoms with Gasteiger partial charge in [0, 0.05) is 23.2 Å². The third-order valence-electron chi connectivity index (χ3n) is 5.19. The summed E-state index contributed by atoms with van der Waals surface area (Å²) >= 11 is 3.47. The maximum Gasteiger partial charge on any atom is 0.314 e. The molecule has 0 saturated carbocycles. The van der Waals surface area contributed by atoms with Gasteiger partial charge in [-0.2, -0.15) is 0 Å². The number of likely N-dealkylation sites (tertiary alicyclic amines) is 1. The maximum atomic E-state index is 12.7. The fourth-order valence-electron chi connectivity index (χ4n) is 3.80. The summed E-state index contributed by atoms with van der Waals surface area (Å²) in [6.45, 7) is 2.09. The van der Waals surface area contributed by atoms with E-state index in [-0.39, 0.29) is 11.8 Å². The van der Waals surface area contributed by atoms with Gasteiger partial charge in [-0.15, -0.1) is 0 Å². The molecular formula is C21H21BrN4O3. The Bertz CT molecular complexity index is 1160. The number of nitrogens with zero attached hydrogens (tertiary/aromatic N) is 1. The Hall–Kier alpha value is -2.71. The minimum atomic E-state index is -0.669. The van der Waals surface area contributed by atoms with E-state index in [0.29, 0.717) is 24.1 Å². The van der Waals surface area contributed by atoms with E-state index in [1.807, 2.05) is 36.4 Å². The van der Waals surface area contributed by atoms with Crippen molar-refractivity contribution < 1.29 is 4.79 Å². The van der Waals surface area contributed by atoms with E-state index in [1.54, 1.807) is 6.07 Å². The van der Waals surface area contributed by atoms with Crippen LogP contribution < -0.4 is 16.4 Å². The molecule has 1 atom stereocenters. The van der Waals surface area contributed by atoms with Crippen molar-refractivity contribution in [1.82, 2.24) is 14.9 Å². The van der Waals surface area contributed by atoms with Crippen molar-refractivity contribution in [2.75, 3.05) is 18.4 Å². The Balaban J connectivity index is 1.52. The number of anilines is 1. The summed E-state index contributed by atoms with van der Waals surface area (Å²) in [5.74, 6) is -0.0704. The number of para-hydroxylation sites is 1. The fraction of sp³-hybridized carbons (Fsp3) is 0.286. The van der Waals surface area contributed by atoms with E-state index in [9.17, 15) is 14.4 Å². The molecule has 1 saturated heterocycles. The molecule has 8 heteroatoms. The van der Waals surface area contributed by atoms with Crippen molar-refractivity contribution >= 4 is 38.6 Å². The van der Waals surface area contributed by atoms with E-state index in [4.69, 9.17) is 0 Å². The number of nitrogens with one attached hydrogen (secondary N) is 3. The largest absolute Gasteiger partial charge is 0.326 e. The van der Waals surface area contributed by atoms with Crippen LogP contribution in [0.2, 0.25) is 0 Å². The number of aromatic amines is 2. The Morgan fingerprint density at radius 1 is 1.14 bits per heavy atom. The minimum Gasteiger partial charge on any atom is -0.326 e. The molecule has 3 aromatic rings. The van der Waals surface area contributed by atoms with E-state index < -0.39 is 11.1 Å². The summed E-state index contributed by atoms with van der Waals surface area (Å²) < 4.78 is 0.818. The van der Waals surface area contributed by atoms with Gasteiger partial charge in [-0.1, -0.05) is 34.1 Å². The lowest BCUT2D eigenvalue weighted by molar-refractivity contribution is -0.121. The van der Waals surface area contributed by atoms with Crippen LogP contribution in [0.5, 0.6) is 0 Å². The quantitative estimate of drug-likeness (QED) is 0.525. The van der Waals surface area contributed by atoms with Gasteiger partial charge in [-0.25, -0.2) is 0 Å². The first kappa shape index (κ1) is 19.6. The van der Waals surface area contributed by atoms with Gasteiger partial charge in [0.25, 0.3) is 0 Å². The van der Waals surface area contributed by atoms with Crippen LogP contribution in [-0.2, 0) is 11.3 Å². The van der Waals surface area contributed by atoms with Crippen LogP contribution in [0, 0.1) is 5.92 Å². The molecule has 2 aromatic carbocycles. The average Bonchev–Trinajstić information content (AvgIpc) is 2.70. The lowest BCUT2D eigenvalue weighted by Gasteiger charge is -2.32. The van der Waals surface area contributed by atoms with Gasteiger partial charge in [-0.05, 0) is 49.2 Å². The first-order valence-electron chi connectivity index (χ1n) is 9.52. The van der Waals surface area contributed by atoms with Crippen LogP contribution in [-0.4, -0.2) is 33.9 Å². The fourth-order valence-corrected chi connectivity index (χ4v) is 4.31. The normalized spacial score (nSPS) is 17.3. The first-order valence-corrected chi connectivity index (χ1v) is 10.3. The SMILES string of the molecule is O=C(Nc1ccccc1)C1CCCN(Cc2cc(Br)cc3[nH]c(=O)c(=O)[nH]c23)C1. The number of carbonyl (C=O) groups excluding carboxylic acids is 1. The van der Waals surface area contributed by atoms with Crippen molar-refractivity contribution in [2.45, 2.75) is 19.4 Å². The van der Waals surface area contributed by atoms with Gasteiger partial charge >= 0.3 is 11.1 Å². The lowest BCUT2D eigenvalue weighted by atomic mass is 9.96. The summed E-state index contributed by atoms with van der Waals surface area (Å²) in [6.07, 6.45) is 1.77. The molecule has 29 heavy (non-hydrogen) atoms. The smallest absolute Gasteiger partial charge is 0.314 e. The summed E-state index contributed by atoms with van der Waals surface area (Å²) in [5.41, 5.74) is 1.56. The molecule has 0 radical (unpaired) electrons. The monoisotopic (exact) mass is 456 g/mol. The molecule has 150 valence electrons. The Morgan fingerprint density at radius 2 is 1.90 bits per heavy atom. The highest BCUT2D eigenvalue weighted by atomic mass is 79.9. The number of hydrogen-bond donors (Lipinski definition) is 3. The number of rotatable bonds is 4. The minimum absolute atomic E-state index is 0.0257. The first-order chi connectivity index (χ1) is 14.0. The highest BCUT2D eigenvalue weighted by Crippen LogP contribution is 2.25. The highest BCUT2D eigenvalue weighted by Gasteiger charge is 2.26. The average molecular weight is 457 g/mol. The van der Waals surface area contributed by atoms with Gasteiger partial charge in [-0.3, -0.25) is 19.3 Å². The molecule has 0 spiro atoms. The Labute approximate surface area is 175 Å². The van der Waals surface area contributed by atoms with Crippen LogP contribution in [0.25, 0.3) is 11.0 Å². The van der Waals surface area contributed by atoms with Crippen molar-refractivity contribution in [3.63, 3.8) is 0 Å². The molecular weight excluding hydrogens is 436 g/mol. The van der Waals surface area contributed by atoms with Gasteiger partial charge in [0.1, 0.15) is 0 Å². The molecule has 1 aliphatic heterocycles. The van der Waals surface area contributed by atoms with Crippen LogP contribution >= 0.6 is 15.9 Å². The standard InChI is InChI=1S/C21H21BrN4O3/c22-15-9-14(18-17(10-15)24-20(28)21(29)25-18)12-26-8-4-5-13(11-26)19(27)23-16-6-2-1-3-7-16/h1-3,6-7,9-10,13H,4-5,8,11-12H2,(H,23,27)(H,24,28)(H,25,29). The molecule has 1 unspecified atom stereocenters. The van der Waals surface area contributed by atoms with Crippen molar-refractivity contribution in [3.8, 4) is 0 Å². The Kier molecular flexibility index (Phi) is 5.64. The summed E-state index contributed by atoms with van der Waals surface area (Å²) in [7, 11) is 0. The van der Waals surface area contributed by atoms with E-state index in [1.165, 1.54) is 0 Å². The van der Waals surface area contributed by atoms with Crippen LogP contribution in [0.4, 0.5) is 5.69 Å². The Morgan fingerprint density at radius 3 is 2.69 bits per heavy atom. The number of benzene rings is 2. The third kappa shape index (κ3) is 4.49. The lowest BCUT2D eigenvalue weighted by Crippen LogP contribution is -2.40. The van der Waals surface area contributed by atoms with Crippen LogP contribution in [0.15, 0.2) is 56.5 Å². The second kappa shape index (κ2) is 8.34. The number of fused-ring (bicyclic) bond motifs is 1. The number of amides is 1. The number of hydrogen-bond acceptors (Lipinski definition) is 4. The number of halogens is 1. The number of H-pyrrole nitrogens is 2. The molecule has 2 heterocycles. The van der Waals surface area contributed by atoms with Crippen molar-refractivity contribution in [3.05, 3.63) is 73.2 Å². The zero-order valence-electron chi connectivity index (χ0n) is 15.7. The molecule has 7 nitrogen and oxygen atoms in total. The maximum absolute atomic E-state index is 12.7. The molecule has 1 amide bonds. The third-order valence-corrected chi connectivity index (χ3v) is 5.65. The van der Waals surface area contributed by atoms with E-state index in [2.05, 4.69) is 36.1 Å². The molecule has 1 aliphatic rings. The zero-order valence-corrected chi connectivity index (χ0v) is 17.3. The molecule has 1 aromatic heterocycles. The molecule has 0 aliphatic carbocycles. The number of aromatic nitrogens is 2. The molecule has 3 N–H and O–H groups in total. The van der Waals surface area contributed by atoms with Crippen molar-refractivity contribution in [2.24, 2.45) is 5.92 Å². The second-order valence-electron chi connectivity index (χ2n) is 7.33. The summed E-state index contributed by atoms with van der Waals surface area (Å²) in [6, 6.07) is 13.2. The summed E-state index contributed by atoms with van der Waals surface area (Å²) in [5, 5.41) is 2.99.